The SMILES string of the molecule is O=C(Nc1ccc(C23CC4CC(CC(C4)C2)C3)cc1)c1ccccc1. The monoisotopic (exact) mass is 331 g/mol. The molecule has 1 N–H and O–H groups in total. The van der Waals surface area contributed by atoms with Gasteiger partial charge in [-0.15, -0.1) is 0 Å². The van der Waals surface area contributed by atoms with Gasteiger partial charge in [-0.25, -0.2) is 0 Å². The smallest absolute Gasteiger partial charge is 0.255 e. The highest BCUT2D eigenvalue weighted by Crippen LogP contribution is 2.60. The number of rotatable bonds is 3. The van der Waals surface area contributed by atoms with E-state index in [-0.39, 0.29) is 5.91 Å². The van der Waals surface area contributed by atoms with Crippen LogP contribution in [-0.4, -0.2) is 5.91 Å². The molecule has 4 aliphatic carbocycles. The Bertz CT molecular complexity index is 742. The molecule has 0 unspecified atom stereocenters. The highest BCUT2D eigenvalue weighted by atomic mass is 16.1. The standard InChI is InChI=1S/C23H25NO/c25-22(19-4-2-1-3-5-19)24-21-8-6-20(7-9-21)23-13-16-10-17(14-23)12-18(11-16)15-23/h1-9,16-18H,10-15H2,(H,24,25). The molecule has 0 atom stereocenters. The lowest BCUT2D eigenvalue weighted by molar-refractivity contribution is -0.00518. The molecule has 0 spiro atoms. The van der Waals surface area contributed by atoms with E-state index in [4.69, 9.17) is 0 Å². The molecule has 1 amide bonds. The molecule has 2 aromatic carbocycles. The van der Waals surface area contributed by atoms with Crippen molar-refractivity contribution in [1.82, 2.24) is 0 Å². The van der Waals surface area contributed by atoms with E-state index < -0.39 is 0 Å². The maximum absolute atomic E-state index is 12.3. The second-order valence-corrected chi connectivity index (χ2v) is 8.60. The number of anilines is 1. The maximum Gasteiger partial charge on any atom is 0.255 e. The first-order valence-electron chi connectivity index (χ1n) is 9.67. The Morgan fingerprint density at radius 1 is 0.800 bits per heavy atom. The van der Waals surface area contributed by atoms with E-state index in [1.165, 1.54) is 44.1 Å². The lowest BCUT2D eigenvalue weighted by Crippen LogP contribution is -2.48. The van der Waals surface area contributed by atoms with Crippen LogP contribution in [-0.2, 0) is 5.41 Å². The van der Waals surface area contributed by atoms with Crippen molar-refractivity contribution in [3.05, 3.63) is 65.7 Å². The van der Waals surface area contributed by atoms with Gasteiger partial charge in [-0.3, -0.25) is 4.79 Å². The molecule has 4 saturated carbocycles. The summed E-state index contributed by atoms with van der Waals surface area (Å²) in [4.78, 5) is 12.3. The summed E-state index contributed by atoms with van der Waals surface area (Å²) in [6.45, 7) is 0. The number of carbonyl (C=O) groups excluding carboxylic acids is 1. The molecule has 0 radical (unpaired) electrons. The Hall–Kier alpha value is -2.09. The summed E-state index contributed by atoms with van der Waals surface area (Å²) in [6, 6.07) is 18.1. The molecule has 6 rings (SSSR count). The van der Waals surface area contributed by atoms with Crippen molar-refractivity contribution in [2.45, 2.75) is 43.9 Å². The molecule has 4 fully saturated rings. The summed E-state index contributed by atoms with van der Waals surface area (Å²) in [6.07, 6.45) is 8.58. The van der Waals surface area contributed by atoms with Crippen molar-refractivity contribution >= 4 is 11.6 Å². The largest absolute Gasteiger partial charge is 0.322 e. The van der Waals surface area contributed by atoms with Gasteiger partial charge in [-0.2, -0.15) is 0 Å². The summed E-state index contributed by atoms with van der Waals surface area (Å²) >= 11 is 0. The van der Waals surface area contributed by atoms with Gasteiger partial charge in [0.2, 0.25) is 0 Å². The van der Waals surface area contributed by atoms with Gasteiger partial charge >= 0.3 is 0 Å². The topological polar surface area (TPSA) is 29.1 Å². The quantitative estimate of drug-likeness (QED) is 0.801. The van der Waals surface area contributed by atoms with Crippen molar-refractivity contribution in [1.29, 1.82) is 0 Å². The van der Waals surface area contributed by atoms with Crippen LogP contribution < -0.4 is 5.32 Å². The van der Waals surface area contributed by atoms with Crippen LogP contribution in [0.15, 0.2) is 54.6 Å². The summed E-state index contributed by atoms with van der Waals surface area (Å²) in [7, 11) is 0. The third-order valence-corrected chi connectivity index (χ3v) is 6.83. The molecule has 2 nitrogen and oxygen atoms in total. The van der Waals surface area contributed by atoms with Crippen LogP contribution >= 0.6 is 0 Å². The molecular formula is C23H25NO. The van der Waals surface area contributed by atoms with Gasteiger partial charge in [-0.1, -0.05) is 30.3 Å². The van der Waals surface area contributed by atoms with Gasteiger partial charge in [0.25, 0.3) is 5.91 Å². The number of amides is 1. The van der Waals surface area contributed by atoms with Crippen molar-refractivity contribution in [3.63, 3.8) is 0 Å². The molecule has 25 heavy (non-hydrogen) atoms. The van der Waals surface area contributed by atoms with Gasteiger partial charge in [0, 0.05) is 11.3 Å². The first-order valence-corrected chi connectivity index (χ1v) is 9.67. The van der Waals surface area contributed by atoms with Gasteiger partial charge in [-0.05, 0) is 91.5 Å². The normalized spacial score (nSPS) is 32.6. The predicted molar refractivity (Wildman–Crippen MR) is 101 cm³/mol. The van der Waals surface area contributed by atoms with Crippen molar-refractivity contribution < 1.29 is 4.79 Å². The molecule has 0 saturated heterocycles. The summed E-state index contributed by atoms with van der Waals surface area (Å²) < 4.78 is 0. The first-order chi connectivity index (χ1) is 12.2. The van der Waals surface area contributed by atoms with E-state index in [1.54, 1.807) is 0 Å². The molecule has 4 bridgehead atoms. The maximum atomic E-state index is 12.3. The average molecular weight is 331 g/mol. The molecule has 2 aromatic rings. The fraction of sp³-hybridized carbons (Fsp3) is 0.435. The van der Waals surface area contributed by atoms with Crippen LogP contribution in [0.3, 0.4) is 0 Å². The lowest BCUT2D eigenvalue weighted by Gasteiger charge is -2.57. The third kappa shape index (κ3) is 2.68. The predicted octanol–water partition coefficient (Wildman–Crippen LogP) is 5.41. The number of hydrogen-bond acceptors (Lipinski definition) is 1. The van der Waals surface area contributed by atoms with E-state index in [2.05, 4.69) is 29.6 Å². The molecule has 0 aliphatic heterocycles. The summed E-state index contributed by atoms with van der Waals surface area (Å²) in [5, 5.41) is 3.02. The molecule has 2 heteroatoms. The van der Waals surface area contributed by atoms with Crippen molar-refractivity contribution in [2.24, 2.45) is 17.8 Å². The second kappa shape index (κ2) is 5.72. The third-order valence-electron chi connectivity index (χ3n) is 6.83. The lowest BCUT2D eigenvalue weighted by atomic mass is 9.48. The van der Waals surface area contributed by atoms with Crippen LogP contribution in [0.25, 0.3) is 0 Å². The number of hydrogen-bond donors (Lipinski definition) is 1. The van der Waals surface area contributed by atoms with E-state index in [1.807, 2.05) is 30.3 Å². The van der Waals surface area contributed by atoms with Crippen LogP contribution in [0.1, 0.15) is 54.4 Å². The Morgan fingerprint density at radius 3 is 1.92 bits per heavy atom. The molecular weight excluding hydrogens is 306 g/mol. The Balaban J connectivity index is 1.35. The molecule has 128 valence electrons. The zero-order valence-corrected chi connectivity index (χ0v) is 14.6. The Morgan fingerprint density at radius 2 is 1.36 bits per heavy atom. The van der Waals surface area contributed by atoms with Crippen LogP contribution in [0.5, 0.6) is 0 Å². The number of benzene rings is 2. The zero-order valence-electron chi connectivity index (χ0n) is 14.6. The van der Waals surface area contributed by atoms with Crippen molar-refractivity contribution in [2.75, 3.05) is 5.32 Å². The van der Waals surface area contributed by atoms with Gasteiger partial charge in [0.05, 0.1) is 0 Å². The first kappa shape index (κ1) is 15.2. The van der Waals surface area contributed by atoms with Crippen LogP contribution in [0.2, 0.25) is 0 Å². The van der Waals surface area contributed by atoms with Gasteiger partial charge in [0.1, 0.15) is 0 Å². The minimum atomic E-state index is -0.0387. The number of carbonyl (C=O) groups is 1. The summed E-state index contributed by atoms with van der Waals surface area (Å²) in [5.41, 5.74) is 3.52. The fourth-order valence-corrected chi connectivity index (χ4v) is 6.16. The minimum Gasteiger partial charge on any atom is -0.322 e. The van der Waals surface area contributed by atoms with E-state index in [0.29, 0.717) is 11.0 Å². The second-order valence-electron chi connectivity index (χ2n) is 8.60. The van der Waals surface area contributed by atoms with Gasteiger partial charge < -0.3 is 5.32 Å². The van der Waals surface area contributed by atoms with E-state index in [9.17, 15) is 4.79 Å². The van der Waals surface area contributed by atoms with Crippen LogP contribution in [0, 0.1) is 17.8 Å². The van der Waals surface area contributed by atoms with Crippen LogP contribution in [0.4, 0.5) is 5.69 Å². The molecule has 0 aromatic heterocycles. The number of nitrogens with one attached hydrogen (secondary N) is 1. The highest BCUT2D eigenvalue weighted by molar-refractivity contribution is 6.04. The Labute approximate surface area is 149 Å². The molecule has 0 heterocycles. The Kier molecular flexibility index (Phi) is 3.48. The van der Waals surface area contributed by atoms with E-state index in [0.717, 1.165) is 23.4 Å². The summed E-state index contributed by atoms with van der Waals surface area (Å²) in [5.74, 6) is 2.85. The highest BCUT2D eigenvalue weighted by Gasteiger charge is 2.51. The van der Waals surface area contributed by atoms with E-state index >= 15 is 0 Å². The fourth-order valence-electron chi connectivity index (χ4n) is 6.16. The van der Waals surface area contributed by atoms with Crippen molar-refractivity contribution in [3.8, 4) is 0 Å². The average Bonchev–Trinajstić information content (AvgIpc) is 2.62. The molecule has 4 aliphatic rings. The minimum absolute atomic E-state index is 0.0387. The zero-order chi connectivity index (χ0) is 16.9. The van der Waals surface area contributed by atoms with Gasteiger partial charge in [0.15, 0.2) is 0 Å².